The zero-order chi connectivity index (χ0) is 13.1. The van der Waals surface area contributed by atoms with Gasteiger partial charge in [-0.3, -0.25) is 9.48 Å². The topological polar surface area (TPSA) is 58.4 Å². The van der Waals surface area contributed by atoms with Crippen molar-refractivity contribution >= 4 is 5.91 Å². The summed E-state index contributed by atoms with van der Waals surface area (Å²) in [4.78, 5) is 14.0. The van der Waals surface area contributed by atoms with Crippen molar-refractivity contribution in [2.75, 3.05) is 13.2 Å². The summed E-state index contributed by atoms with van der Waals surface area (Å²) in [6, 6.07) is -0.202. The fourth-order valence-corrected chi connectivity index (χ4v) is 2.21. The van der Waals surface area contributed by atoms with Crippen LogP contribution in [0.15, 0.2) is 18.3 Å². The van der Waals surface area contributed by atoms with Gasteiger partial charge in [-0.2, -0.15) is 5.10 Å². The summed E-state index contributed by atoms with van der Waals surface area (Å²) < 4.78 is 1.85. The second-order valence-corrected chi connectivity index (χ2v) is 4.50. The van der Waals surface area contributed by atoms with Gasteiger partial charge < -0.3 is 10.0 Å². The average Bonchev–Trinajstić information content (AvgIpc) is 2.97. The van der Waals surface area contributed by atoms with Crippen LogP contribution in [0.1, 0.15) is 29.4 Å². The van der Waals surface area contributed by atoms with Gasteiger partial charge in [-0.1, -0.05) is 19.1 Å². The summed E-state index contributed by atoms with van der Waals surface area (Å²) in [5, 5.41) is 13.5. The van der Waals surface area contributed by atoms with E-state index in [9.17, 15) is 9.90 Å². The Morgan fingerprint density at radius 3 is 3.06 bits per heavy atom. The molecule has 1 atom stereocenters. The van der Waals surface area contributed by atoms with Crippen LogP contribution in [0.25, 0.3) is 0 Å². The first-order valence-electron chi connectivity index (χ1n) is 6.30. The van der Waals surface area contributed by atoms with E-state index in [1.165, 1.54) is 0 Å². The lowest BCUT2D eigenvalue weighted by molar-refractivity contribution is 0.0699. The summed E-state index contributed by atoms with van der Waals surface area (Å²) in [7, 11) is 0. The standard InChI is InChI=1S/C13H19N3O2/c1-3-6-16-10(2)12(8-14-16)13(18)15-7-4-5-11(15)9-17/h4-5,8,11,17H,3,6-7,9H2,1-2H3. The Morgan fingerprint density at radius 2 is 2.39 bits per heavy atom. The number of amides is 1. The number of carbonyl (C=O) groups excluding carboxylic acids is 1. The van der Waals surface area contributed by atoms with E-state index in [0.29, 0.717) is 12.1 Å². The molecule has 1 amide bonds. The summed E-state index contributed by atoms with van der Waals surface area (Å²) in [5.74, 6) is -0.0566. The summed E-state index contributed by atoms with van der Waals surface area (Å²) >= 11 is 0. The van der Waals surface area contributed by atoms with Crippen LogP contribution in [-0.4, -0.2) is 44.9 Å². The zero-order valence-corrected chi connectivity index (χ0v) is 10.8. The molecule has 0 saturated heterocycles. The molecule has 1 N–H and O–H groups in total. The molecule has 0 aromatic carbocycles. The molecule has 1 aliphatic heterocycles. The molecule has 18 heavy (non-hydrogen) atoms. The summed E-state index contributed by atoms with van der Waals surface area (Å²) in [5.41, 5.74) is 1.52. The van der Waals surface area contributed by atoms with E-state index in [1.54, 1.807) is 11.1 Å². The molecule has 2 rings (SSSR count). The Balaban J connectivity index is 2.19. The van der Waals surface area contributed by atoms with Crippen molar-refractivity contribution in [3.63, 3.8) is 0 Å². The van der Waals surface area contributed by atoms with Gasteiger partial charge in [0, 0.05) is 18.8 Å². The minimum absolute atomic E-state index is 0.0373. The van der Waals surface area contributed by atoms with E-state index in [0.717, 1.165) is 18.7 Å². The van der Waals surface area contributed by atoms with E-state index in [4.69, 9.17) is 0 Å². The van der Waals surface area contributed by atoms with E-state index >= 15 is 0 Å². The number of aliphatic hydroxyl groups is 1. The normalized spacial score (nSPS) is 18.6. The smallest absolute Gasteiger partial charge is 0.258 e. The summed E-state index contributed by atoms with van der Waals surface area (Å²) in [6.07, 6.45) is 6.38. The van der Waals surface area contributed by atoms with Gasteiger partial charge >= 0.3 is 0 Å². The fourth-order valence-electron chi connectivity index (χ4n) is 2.21. The SMILES string of the molecule is CCCn1ncc(C(=O)N2CC=CC2CO)c1C. The number of rotatable bonds is 4. The monoisotopic (exact) mass is 249 g/mol. The Bertz CT molecular complexity index is 465. The molecule has 0 fully saturated rings. The van der Waals surface area contributed by atoms with Gasteiger partial charge in [-0.25, -0.2) is 0 Å². The lowest BCUT2D eigenvalue weighted by Gasteiger charge is -2.22. The molecular formula is C13H19N3O2. The number of nitrogens with zero attached hydrogens (tertiary/aromatic N) is 3. The molecule has 5 heteroatoms. The average molecular weight is 249 g/mol. The van der Waals surface area contributed by atoms with Gasteiger partial charge in [0.25, 0.3) is 5.91 Å². The molecule has 1 unspecified atom stereocenters. The van der Waals surface area contributed by atoms with E-state index in [2.05, 4.69) is 12.0 Å². The third kappa shape index (κ3) is 2.18. The van der Waals surface area contributed by atoms with E-state index in [1.807, 2.05) is 23.8 Å². The Morgan fingerprint density at radius 1 is 1.61 bits per heavy atom. The molecule has 1 aromatic heterocycles. The highest BCUT2D eigenvalue weighted by Crippen LogP contribution is 2.17. The van der Waals surface area contributed by atoms with E-state index in [-0.39, 0.29) is 18.6 Å². The second kappa shape index (κ2) is 5.35. The van der Waals surface area contributed by atoms with Crippen molar-refractivity contribution in [3.8, 4) is 0 Å². The molecule has 2 heterocycles. The number of hydrogen-bond donors (Lipinski definition) is 1. The first-order chi connectivity index (χ1) is 8.69. The highest BCUT2D eigenvalue weighted by Gasteiger charge is 2.27. The number of aliphatic hydroxyl groups excluding tert-OH is 1. The third-order valence-electron chi connectivity index (χ3n) is 3.28. The molecule has 0 bridgehead atoms. The van der Waals surface area contributed by atoms with Gasteiger partial charge in [0.15, 0.2) is 0 Å². The number of aryl methyl sites for hydroxylation is 1. The van der Waals surface area contributed by atoms with Crippen LogP contribution in [0.3, 0.4) is 0 Å². The number of aromatic nitrogens is 2. The number of hydrogen-bond acceptors (Lipinski definition) is 3. The molecule has 1 aliphatic rings. The number of carbonyl (C=O) groups is 1. The molecule has 0 spiro atoms. The largest absolute Gasteiger partial charge is 0.394 e. The molecule has 0 radical (unpaired) electrons. The quantitative estimate of drug-likeness (QED) is 0.809. The Kier molecular flexibility index (Phi) is 3.81. The zero-order valence-electron chi connectivity index (χ0n) is 10.8. The van der Waals surface area contributed by atoms with Gasteiger partial charge in [-0.15, -0.1) is 0 Å². The van der Waals surface area contributed by atoms with Gasteiger partial charge in [0.05, 0.1) is 24.4 Å². The minimum Gasteiger partial charge on any atom is -0.394 e. The fraction of sp³-hybridized carbons (Fsp3) is 0.538. The minimum atomic E-state index is -0.202. The van der Waals surface area contributed by atoms with Crippen LogP contribution in [0.2, 0.25) is 0 Å². The Hall–Kier alpha value is -1.62. The highest BCUT2D eigenvalue weighted by molar-refractivity contribution is 5.95. The van der Waals surface area contributed by atoms with Gasteiger partial charge in [0.1, 0.15) is 0 Å². The Labute approximate surface area is 107 Å². The maximum atomic E-state index is 12.4. The molecule has 5 nitrogen and oxygen atoms in total. The van der Waals surface area contributed by atoms with Crippen LogP contribution >= 0.6 is 0 Å². The van der Waals surface area contributed by atoms with Crippen LogP contribution in [0.4, 0.5) is 0 Å². The van der Waals surface area contributed by atoms with Gasteiger partial charge in [0.2, 0.25) is 0 Å². The first-order valence-corrected chi connectivity index (χ1v) is 6.30. The van der Waals surface area contributed by atoms with E-state index < -0.39 is 0 Å². The maximum absolute atomic E-state index is 12.4. The molecule has 98 valence electrons. The summed E-state index contributed by atoms with van der Waals surface area (Å²) in [6.45, 7) is 5.33. The van der Waals surface area contributed by atoms with Crippen LogP contribution < -0.4 is 0 Å². The molecular weight excluding hydrogens is 230 g/mol. The van der Waals surface area contributed by atoms with Crippen molar-refractivity contribution in [1.29, 1.82) is 0 Å². The van der Waals surface area contributed by atoms with Crippen molar-refractivity contribution in [2.45, 2.75) is 32.9 Å². The highest BCUT2D eigenvalue weighted by atomic mass is 16.3. The first kappa shape index (κ1) is 12.8. The predicted octanol–water partition coefficient (Wildman–Crippen LogP) is 0.974. The van der Waals surface area contributed by atoms with Gasteiger partial charge in [-0.05, 0) is 13.3 Å². The molecule has 0 aliphatic carbocycles. The lowest BCUT2D eigenvalue weighted by atomic mass is 10.2. The van der Waals surface area contributed by atoms with Crippen molar-refractivity contribution < 1.29 is 9.90 Å². The van der Waals surface area contributed by atoms with Crippen molar-refractivity contribution in [3.05, 3.63) is 29.6 Å². The second-order valence-electron chi connectivity index (χ2n) is 4.50. The maximum Gasteiger partial charge on any atom is 0.258 e. The van der Waals surface area contributed by atoms with Crippen LogP contribution in [0.5, 0.6) is 0 Å². The molecule has 0 saturated carbocycles. The van der Waals surface area contributed by atoms with Crippen LogP contribution in [-0.2, 0) is 6.54 Å². The molecule has 1 aromatic rings. The van der Waals surface area contributed by atoms with Crippen molar-refractivity contribution in [2.24, 2.45) is 0 Å². The lowest BCUT2D eigenvalue weighted by Crippen LogP contribution is -2.38. The van der Waals surface area contributed by atoms with Crippen molar-refractivity contribution in [1.82, 2.24) is 14.7 Å². The van der Waals surface area contributed by atoms with Crippen LogP contribution in [0, 0.1) is 6.92 Å². The predicted molar refractivity (Wildman–Crippen MR) is 68.3 cm³/mol. The third-order valence-corrected chi connectivity index (χ3v) is 3.28.